The number of nitrogens with zero attached hydrogens (tertiary/aromatic N) is 3. The van der Waals surface area contributed by atoms with E-state index in [1.807, 2.05) is 25.1 Å². The molecule has 2 unspecified atom stereocenters. The van der Waals surface area contributed by atoms with E-state index in [1.54, 1.807) is 21.1 Å². The Morgan fingerprint density at radius 1 is 1.25 bits per heavy atom. The second-order valence-electron chi connectivity index (χ2n) is 7.44. The SMILES string of the molecule is COC(=O)C1CCCN(C(=O)C2CC(=O)N(c3ccc4sc(C)nc4c3)C2)C1. The van der Waals surface area contributed by atoms with Gasteiger partial charge in [0.05, 0.1) is 34.2 Å². The van der Waals surface area contributed by atoms with Gasteiger partial charge in [-0.1, -0.05) is 0 Å². The molecule has 4 rings (SSSR count). The highest BCUT2D eigenvalue weighted by Crippen LogP contribution is 2.31. The predicted molar refractivity (Wildman–Crippen MR) is 106 cm³/mol. The molecule has 148 valence electrons. The number of hydrogen-bond donors (Lipinski definition) is 0. The quantitative estimate of drug-likeness (QED) is 0.738. The molecule has 2 aromatic rings. The van der Waals surface area contributed by atoms with Gasteiger partial charge >= 0.3 is 5.97 Å². The van der Waals surface area contributed by atoms with Crippen LogP contribution in [0, 0.1) is 18.8 Å². The summed E-state index contributed by atoms with van der Waals surface area (Å²) in [5, 5.41) is 0.984. The molecule has 1 aromatic carbocycles. The first kappa shape index (κ1) is 18.9. The molecular weight excluding hydrogens is 378 g/mol. The topological polar surface area (TPSA) is 79.8 Å². The van der Waals surface area contributed by atoms with Crippen molar-refractivity contribution >= 4 is 45.0 Å². The van der Waals surface area contributed by atoms with E-state index in [-0.39, 0.29) is 36.0 Å². The highest BCUT2D eigenvalue weighted by molar-refractivity contribution is 7.18. The van der Waals surface area contributed by atoms with Crippen molar-refractivity contribution in [2.75, 3.05) is 31.6 Å². The van der Waals surface area contributed by atoms with Crippen LogP contribution in [0.2, 0.25) is 0 Å². The molecule has 2 aliphatic heterocycles. The van der Waals surface area contributed by atoms with E-state index in [0.29, 0.717) is 19.6 Å². The molecule has 0 aliphatic carbocycles. The Labute approximate surface area is 167 Å². The summed E-state index contributed by atoms with van der Waals surface area (Å²) in [4.78, 5) is 45.3. The number of amides is 2. The molecule has 3 heterocycles. The number of piperidine rings is 1. The number of carbonyl (C=O) groups excluding carboxylic acids is 3. The van der Waals surface area contributed by atoms with Crippen LogP contribution in [0.4, 0.5) is 5.69 Å². The number of benzene rings is 1. The number of carbonyl (C=O) groups is 3. The maximum atomic E-state index is 13.0. The van der Waals surface area contributed by atoms with E-state index in [1.165, 1.54) is 7.11 Å². The fourth-order valence-electron chi connectivity index (χ4n) is 4.12. The van der Waals surface area contributed by atoms with Gasteiger partial charge in [-0.25, -0.2) is 4.98 Å². The van der Waals surface area contributed by atoms with Gasteiger partial charge in [0.15, 0.2) is 0 Å². The van der Waals surface area contributed by atoms with Crippen LogP contribution in [0.3, 0.4) is 0 Å². The van der Waals surface area contributed by atoms with Crippen LogP contribution in [0.5, 0.6) is 0 Å². The van der Waals surface area contributed by atoms with E-state index in [2.05, 4.69) is 4.98 Å². The van der Waals surface area contributed by atoms with E-state index in [9.17, 15) is 14.4 Å². The summed E-state index contributed by atoms with van der Waals surface area (Å²) in [6.45, 7) is 3.33. The fourth-order valence-corrected chi connectivity index (χ4v) is 4.92. The second-order valence-corrected chi connectivity index (χ2v) is 8.67. The third kappa shape index (κ3) is 3.48. The van der Waals surface area contributed by atoms with Gasteiger partial charge in [0.1, 0.15) is 0 Å². The second kappa shape index (κ2) is 7.50. The lowest BCUT2D eigenvalue weighted by Crippen LogP contribution is -2.45. The number of methoxy groups -OCH3 is 1. The zero-order chi connectivity index (χ0) is 19.8. The molecule has 2 atom stereocenters. The van der Waals surface area contributed by atoms with E-state index in [4.69, 9.17) is 4.74 Å². The van der Waals surface area contributed by atoms with Crippen LogP contribution in [0.15, 0.2) is 18.2 Å². The number of likely N-dealkylation sites (tertiary alicyclic amines) is 1. The molecule has 0 N–H and O–H groups in total. The summed E-state index contributed by atoms with van der Waals surface area (Å²) in [7, 11) is 1.37. The molecule has 8 heteroatoms. The van der Waals surface area contributed by atoms with Crippen molar-refractivity contribution < 1.29 is 19.1 Å². The standard InChI is InChI=1S/C20H23N3O4S/c1-12-21-16-9-15(5-6-17(16)28-12)23-11-14(8-18(23)24)19(25)22-7-3-4-13(10-22)20(26)27-2/h5-6,9,13-14H,3-4,7-8,10-11H2,1-2H3. The summed E-state index contributed by atoms with van der Waals surface area (Å²) in [5.41, 5.74) is 1.66. The number of hydrogen-bond acceptors (Lipinski definition) is 6. The van der Waals surface area contributed by atoms with Gasteiger partial charge in [0.25, 0.3) is 0 Å². The maximum Gasteiger partial charge on any atom is 0.310 e. The molecule has 7 nitrogen and oxygen atoms in total. The van der Waals surface area contributed by atoms with Gasteiger partial charge in [0.2, 0.25) is 11.8 Å². The van der Waals surface area contributed by atoms with Crippen LogP contribution < -0.4 is 4.90 Å². The van der Waals surface area contributed by atoms with Crippen molar-refractivity contribution in [1.29, 1.82) is 0 Å². The Morgan fingerprint density at radius 3 is 2.86 bits per heavy atom. The molecule has 0 saturated carbocycles. The van der Waals surface area contributed by atoms with Crippen LogP contribution in [0.1, 0.15) is 24.3 Å². The first-order chi connectivity index (χ1) is 13.5. The van der Waals surface area contributed by atoms with Gasteiger partial charge < -0.3 is 14.5 Å². The summed E-state index contributed by atoms with van der Waals surface area (Å²) in [6.07, 6.45) is 1.71. The molecule has 1 aromatic heterocycles. The zero-order valence-corrected chi connectivity index (χ0v) is 16.8. The normalized spacial score (nSPS) is 22.7. The van der Waals surface area contributed by atoms with Crippen LogP contribution in [-0.4, -0.2) is 54.4 Å². The summed E-state index contributed by atoms with van der Waals surface area (Å²) < 4.78 is 5.91. The molecule has 2 amide bonds. The van der Waals surface area contributed by atoms with E-state index >= 15 is 0 Å². The van der Waals surface area contributed by atoms with Gasteiger partial charge in [-0.2, -0.15) is 0 Å². The average Bonchev–Trinajstić information content (AvgIpc) is 3.27. The number of esters is 1. The highest BCUT2D eigenvalue weighted by Gasteiger charge is 2.39. The first-order valence-corrected chi connectivity index (χ1v) is 10.3. The Hall–Kier alpha value is -2.48. The molecule has 0 radical (unpaired) electrons. The zero-order valence-electron chi connectivity index (χ0n) is 16.0. The smallest absolute Gasteiger partial charge is 0.310 e. The lowest BCUT2D eigenvalue weighted by molar-refractivity contribution is -0.149. The highest BCUT2D eigenvalue weighted by atomic mass is 32.1. The van der Waals surface area contributed by atoms with Gasteiger partial charge in [0, 0.05) is 31.7 Å². The summed E-state index contributed by atoms with van der Waals surface area (Å²) in [6, 6.07) is 5.81. The summed E-state index contributed by atoms with van der Waals surface area (Å²) >= 11 is 1.62. The first-order valence-electron chi connectivity index (χ1n) is 9.50. The predicted octanol–water partition coefficient (Wildman–Crippen LogP) is 2.37. The molecule has 2 fully saturated rings. The average molecular weight is 401 g/mol. The van der Waals surface area contributed by atoms with Gasteiger partial charge in [-0.05, 0) is 38.0 Å². The molecule has 0 bridgehead atoms. The minimum absolute atomic E-state index is 0.0463. The number of aromatic nitrogens is 1. The lowest BCUT2D eigenvalue weighted by atomic mass is 9.96. The number of rotatable bonds is 3. The monoisotopic (exact) mass is 401 g/mol. The maximum absolute atomic E-state index is 13.0. The molecule has 0 spiro atoms. The van der Waals surface area contributed by atoms with E-state index in [0.717, 1.165) is 33.8 Å². The van der Waals surface area contributed by atoms with Crippen molar-refractivity contribution in [3.63, 3.8) is 0 Å². The number of aryl methyl sites for hydroxylation is 1. The summed E-state index contributed by atoms with van der Waals surface area (Å²) in [5.74, 6) is -1.02. The number of anilines is 1. The molecule has 2 saturated heterocycles. The third-order valence-corrected chi connectivity index (χ3v) is 6.48. The Morgan fingerprint density at radius 2 is 2.07 bits per heavy atom. The van der Waals surface area contributed by atoms with Crippen molar-refractivity contribution in [2.24, 2.45) is 11.8 Å². The van der Waals surface area contributed by atoms with Crippen LogP contribution in [0.25, 0.3) is 10.2 Å². The number of ether oxygens (including phenoxy) is 1. The Kier molecular flexibility index (Phi) is 5.05. The number of fused-ring (bicyclic) bond motifs is 1. The minimum Gasteiger partial charge on any atom is -0.469 e. The third-order valence-electron chi connectivity index (χ3n) is 5.53. The lowest BCUT2D eigenvalue weighted by Gasteiger charge is -2.33. The van der Waals surface area contributed by atoms with Crippen molar-refractivity contribution in [1.82, 2.24) is 9.88 Å². The Bertz CT molecular complexity index is 941. The molecular formula is C20H23N3O4S. The van der Waals surface area contributed by atoms with Crippen molar-refractivity contribution in [3.8, 4) is 0 Å². The van der Waals surface area contributed by atoms with Crippen LogP contribution >= 0.6 is 11.3 Å². The van der Waals surface area contributed by atoms with E-state index < -0.39 is 0 Å². The minimum atomic E-state index is -0.378. The van der Waals surface area contributed by atoms with Gasteiger partial charge in [-0.3, -0.25) is 14.4 Å². The van der Waals surface area contributed by atoms with Crippen LogP contribution in [-0.2, 0) is 19.1 Å². The Balaban J connectivity index is 1.47. The molecule has 28 heavy (non-hydrogen) atoms. The largest absolute Gasteiger partial charge is 0.469 e. The van der Waals surface area contributed by atoms with Gasteiger partial charge in [-0.15, -0.1) is 11.3 Å². The van der Waals surface area contributed by atoms with Crippen molar-refractivity contribution in [2.45, 2.75) is 26.2 Å². The molecule has 2 aliphatic rings. The van der Waals surface area contributed by atoms with Crippen molar-refractivity contribution in [3.05, 3.63) is 23.2 Å². The number of thiazole rings is 1. The fraction of sp³-hybridized carbons (Fsp3) is 0.500.